The number of alkyl halides is 1. The van der Waals surface area contributed by atoms with E-state index in [2.05, 4.69) is 6.92 Å². The zero-order valence-electron chi connectivity index (χ0n) is 14.4. The van der Waals surface area contributed by atoms with Crippen LogP contribution >= 0.6 is 0 Å². The van der Waals surface area contributed by atoms with Crippen molar-refractivity contribution in [3.05, 3.63) is 0 Å². The van der Waals surface area contributed by atoms with Gasteiger partial charge in [-0.25, -0.2) is 4.39 Å². The zero-order valence-corrected chi connectivity index (χ0v) is 14.4. The first-order valence-electron chi connectivity index (χ1n) is 9.59. The van der Waals surface area contributed by atoms with Crippen LogP contribution in [0.3, 0.4) is 0 Å². The smallest absolute Gasteiger partial charge is 0.196 e. The summed E-state index contributed by atoms with van der Waals surface area (Å²) >= 11 is 0. The maximum absolute atomic E-state index is 12.1. The maximum atomic E-state index is 12.1. The topological polar surface area (TPSA) is 20.2 Å². The van der Waals surface area contributed by atoms with Gasteiger partial charge in [-0.2, -0.15) is 0 Å². The number of unbranched alkanes of at least 4 members (excludes halogenated alkanes) is 15. The second-order valence-electron chi connectivity index (χ2n) is 6.53. The Morgan fingerprint density at radius 2 is 0.857 bits per heavy atom. The molecule has 0 radical (unpaired) electrons. The summed E-state index contributed by atoms with van der Waals surface area (Å²) in [5, 5.41) is 8.50. The summed E-state index contributed by atoms with van der Waals surface area (Å²) in [4.78, 5) is 0. The van der Waals surface area contributed by atoms with E-state index < -0.39 is 6.36 Å². The number of hydrogen-bond acceptors (Lipinski definition) is 1. The van der Waals surface area contributed by atoms with Crippen LogP contribution in [-0.4, -0.2) is 11.5 Å². The number of halogens is 1. The summed E-state index contributed by atoms with van der Waals surface area (Å²) < 4.78 is 12.1. The molecule has 0 aromatic heterocycles. The fraction of sp³-hybridized carbons (Fsp3) is 1.00. The molecule has 1 N–H and O–H groups in total. The largest absolute Gasteiger partial charge is 0.364 e. The molecule has 0 saturated carbocycles. The molecule has 0 spiro atoms. The standard InChI is InChI=1S/C19H39FO/c1-2-3-4-5-6-7-8-9-10-11-12-13-14-15-16-17-18-19(20)21/h19,21H,2-18H2,1H3. The molecule has 2 heteroatoms. The van der Waals surface area contributed by atoms with Crippen molar-refractivity contribution in [3.63, 3.8) is 0 Å². The van der Waals surface area contributed by atoms with E-state index in [1.165, 1.54) is 89.9 Å². The van der Waals surface area contributed by atoms with Gasteiger partial charge in [0.15, 0.2) is 6.36 Å². The molecule has 0 heterocycles. The van der Waals surface area contributed by atoms with Crippen LogP contribution in [0.1, 0.15) is 116 Å². The third-order valence-corrected chi connectivity index (χ3v) is 4.30. The average molecular weight is 303 g/mol. The van der Waals surface area contributed by atoms with Crippen LogP contribution in [-0.2, 0) is 0 Å². The molecule has 0 aliphatic carbocycles. The van der Waals surface area contributed by atoms with Crippen molar-refractivity contribution in [3.8, 4) is 0 Å². The number of aliphatic hydroxyl groups is 1. The Morgan fingerprint density at radius 3 is 1.14 bits per heavy atom. The minimum absolute atomic E-state index is 0.318. The summed E-state index contributed by atoms with van der Waals surface area (Å²) in [7, 11) is 0. The molecule has 128 valence electrons. The maximum Gasteiger partial charge on any atom is 0.196 e. The van der Waals surface area contributed by atoms with Gasteiger partial charge in [0.1, 0.15) is 0 Å². The van der Waals surface area contributed by atoms with Gasteiger partial charge in [-0.15, -0.1) is 0 Å². The molecule has 0 saturated heterocycles. The Hall–Kier alpha value is -0.110. The van der Waals surface area contributed by atoms with Gasteiger partial charge in [-0.3, -0.25) is 0 Å². The summed E-state index contributed by atoms with van der Waals surface area (Å²) in [6, 6.07) is 0. The third kappa shape index (κ3) is 19.9. The van der Waals surface area contributed by atoms with E-state index in [0.717, 1.165) is 12.8 Å². The van der Waals surface area contributed by atoms with Gasteiger partial charge < -0.3 is 5.11 Å². The lowest BCUT2D eigenvalue weighted by molar-refractivity contribution is 0.0323. The van der Waals surface area contributed by atoms with Crippen LogP contribution in [0, 0.1) is 0 Å². The normalized spacial score (nSPS) is 12.7. The highest BCUT2D eigenvalue weighted by Gasteiger charge is 1.98. The lowest BCUT2D eigenvalue weighted by atomic mass is 10.0. The van der Waals surface area contributed by atoms with Crippen molar-refractivity contribution in [1.29, 1.82) is 0 Å². The van der Waals surface area contributed by atoms with E-state index >= 15 is 0 Å². The van der Waals surface area contributed by atoms with Crippen molar-refractivity contribution in [2.24, 2.45) is 0 Å². The lowest BCUT2D eigenvalue weighted by Gasteiger charge is -2.04. The first-order valence-corrected chi connectivity index (χ1v) is 9.59. The molecule has 0 aromatic rings. The molecule has 1 unspecified atom stereocenters. The van der Waals surface area contributed by atoms with E-state index in [4.69, 9.17) is 5.11 Å². The van der Waals surface area contributed by atoms with Crippen LogP contribution in [0.5, 0.6) is 0 Å². The van der Waals surface area contributed by atoms with Crippen LogP contribution in [0.2, 0.25) is 0 Å². The molecule has 1 atom stereocenters. The summed E-state index contributed by atoms with van der Waals surface area (Å²) in [5.74, 6) is 0. The van der Waals surface area contributed by atoms with E-state index in [9.17, 15) is 4.39 Å². The second kappa shape index (κ2) is 17.9. The fourth-order valence-electron chi connectivity index (χ4n) is 2.86. The molecular formula is C19H39FO. The van der Waals surface area contributed by atoms with Crippen LogP contribution in [0.15, 0.2) is 0 Å². The molecule has 0 rings (SSSR count). The van der Waals surface area contributed by atoms with Crippen LogP contribution in [0.25, 0.3) is 0 Å². The van der Waals surface area contributed by atoms with Gasteiger partial charge in [0.2, 0.25) is 0 Å². The first kappa shape index (κ1) is 20.9. The van der Waals surface area contributed by atoms with Gasteiger partial charge in [-0.1, -0.05) is 103 Å². The Morgan fingerprint density at radius 1 is 0.571 bits per heavy atom. The van der Waals surface area contributed by atoms with Gasteiger partial charge in [-0.05, 0) is 6.42 Å². The van der Waals surface area contributed by atoms with Gasteiger partial charge in [0.05, 0.1) is 0 Å². The van der Waals surface area contributed by atoms with E-state index in [-0.39, 0.29) is 0 Å². The highest BCUT2D eigenvalue weighted by Crippen LogP contribution is 2.14. The Labute approximate surface area is 132 Å². The molecule has 1 nitrogen and oxygen atoms in total. The van der Waals surface area contributed by atoms with Crippen LogP contribution < -0.4 is 0 Å². The van der Waals surface area contributed by atoms with Crippen molar-refractivity contribution in [1.82, 2.24) is 0 Å². The third-order valence-electron chi connectivity index (χ3n) is 4.30. The molecule has 0 aromatic carbocycles. The SMILES string of the molecule is CCCCCCCCCCCCCCCCCCC(O)F. The van der Waals surface area contributed by atoms with Crippen molar-refractivity contribution in [2.75, 3.05) is 0 Å². The highest BCUT2D eigenvalue weighted by atomic mass is 19.1. The summed E-state index contributed by atoms with van der Waals surface area (Å²) in [6.07, 6.45) is 19.9. The first-order chi connectivity index (χ1) is 10.3. The quantitative estimate of drug-likeness (QED) is 0.289. The Balaban J connectivity index is 2.93. The predicted octanol–water partition coefficient (Wildman–Crippen LogP) is 6.93. The van der Waals surface area contributed by atoms with Gasteiger partial charge in [0, 0.05) is 6.42 Å². The van der Waals surface area contributed by atoms with E-state index in [1.807, 2.05) is 0 Å². The number of aliphatic hydroxyl groups excluding tert-OH is 1. The second-order valence-corrected chi connectivity index (χ2v) is 6.53. The van der Waals surface area contributed by atoms with Crippen LogP contribution in [0.4, 0.5) is 4.39 Å². The molecule has 0 amide bonds. The number of rotatable bonds is 17. The molecule has 21 heavy (non-hydrogen) atoms. The van der Waals surface area contributed by atoms with E-state index in [0.29, 0.717) is 6.42 Å². The average Bonchev–Trinajstić information content (AvgIpc) is 2.46. The molecule has 0 bridgehead atoms. The molecule has 0 aliphatic heterocycles. The fourth-order valence-corrected chi connectivity index (χ4v) is 2.86. The van der Waals surface area contributed by atoms with Crippen molar-refractivity contribution in [2.45, 2.75) is 122 Å². The number of hydrogen-bond donors (Lipinski definition) is 1. The molecule has 0 fully saturated rings. The van der Waals surface area contributed by atoms with E-state index in [1.54, 1.807) is 0 Å². The monoisotopic (exact) mass is 302 g/mol. The predicted molar refractivity (Wildman–Crippen MR) is 91.3 cm³/mol. The van der Waals surface area contributed by atoms with Gasteiger partial charge >= 0.3 is 0 Å². The Kier molecular flexibility index (Phi) is 17.8. The summed E-state index contributed by atoms with van der Waals surface area (Å²) in [6.45, 7) is 2.27. The minimum atomic E-state index is -1.60. The molecular weight excluding hydrogens is 263 g/mol. The minimum Gasteiger partial charge on any atom is -0.364 e. The summed E-state index contributed by atoms with van der Waals surface area (Å²) in [5.41, 5.74) is 0. The van der Waals surface area contributed by atoms with Crippen molar-refractivity contribution < 1.29 is 9.50 Å². The highest BCUT2D eigenvalue weighted by molar-refractivity contribution is 4.50. The lowest BCUT2D eigenvalue weighted by Crippen LogP contribution is -1.95. The molecule has 0 aliphatic rings. The zero-order chi connectivity index (χ0) is 15.6. The van der Waals surface area contributed by atoms with Crippen molar-refractivity contribution >= 4 is 0 Å². The van der Waals surface area contributed by atoms with Gasteiger partial charge in [0.25, 0.3) is 0 Å². The Bertz CT molecular complexity index is 182.